The molecule has 0 aliphatic carbocycles. The van der Waals surface area contributed by atoms with Crippen molar-refractivity contribution < 1.29 is 9.84 Å². The van der Waals surface area contributed by atoms with Gasteiger partial charge in [-0.25, -0.2) is 9.97 Å². The van der Waals surface area contributed by atoms with Crippen LogP contribution in [-0.4, -0.2) is 51.9 Å². The molecule has 19 heavy (non-hydrogen) atoms. The summed E-state index contributed by atoms with van der Waals surface area (Å²) in [7, 11) is 1.81. The first-order chi connectivity index (χ1) is 9.20. The highest BCUT2D eigenvalue weighted by molar-refractivity contribution is 5.65. The molecule has 0 radical (unpaired) electrons. The van der Waals surface area contributed by atoms with Gasteiger partial charge in [-0.3, -0.25) is 0 Å². The van der Waals surface area contributed by atoms with Crippen molar-refractivity contribution in [2.24, 2.45) is 0 Å². The Kier molecular flexibility index (Phi) is 3.00. The van der Waals surface area contributed by atoms with E-state index in [0.717, 1.165) is 11.5 Å². The monoisotopic (exact) mass is 263 g/mol. The van der Waals surface area contributed by atoms with Crippen LogP contribution in [0.1, 0.15) is 6.42 Å². The highest BCUT2D eigenvalue weighted by atomic mass is 16.5. The maximum atomic E-state index is 10.2. The van der Waals surface area contributed by atoms with E-state index in [-0.39, 0.29) is 0 Å². The summed E-state index contributed by atoms with van der Waals surface area (Å²) >= 11 is 0. The number of anilines is 2. The van der Waals surface area contributed by atoms with Crippen molar-refractivity contribution >= 4 is 17.3 Å². The SMILES string of the molecule is CNc1cn2ccnc2c(NCC2(O)CCOC2)n1. The van der Waals surface area contributed by atoms with Crippen molar-refractivity contribution in [3.8, 4) is 0 Å². The smallest absolute Gasteiger partial charge is 0.180 e. The summed E-state index contributed by atoms with van der Waals surface area (Å²) in [6.07, 6.45) is 6.07. The molecule has 0 spiro atoms. The molecule has 1 unspecified atom stereocenters. The van der Waals surface area contributed by atoms with Crippen LogP contribution in [0.15, 0.2) is 18.6 Å². The van der Waals surface area contributed by atoms with Crippen molar-refractivity contribution in [1.82, 2.24) is 14.4 Å². The highest BCUT2D eigenvalue weighted by Crippen LogP contribution is 2.21. The van der Waals surface area contributed by atoms with Crippen LogP contribution in [0.2, 0.25) is 0 Å². The topological polar surface area (TPSA) is 83.7 Å². The fraction of sp³-hybridized carbons (Fsp3) is 0.500. The Morgan fingerprint density at radius 3 is 3.21 bits per heavy atom. The van der Waals surface area contributed by atoms with Crippen LogP contribution in [0.4, 0.5) is 11.6 Å². The molecular formula is C12H17N5O2. The molecule has 7 nitrogen and oxygen atoms in total. The predicted octanol–water partition coefficient (Wildman–Crippen LogP) is 0.334. The predicted molar refractivity (Wildman–Crippen MR) is 71.4 cm³/mol. The molecule has 1 fully saturated rings. The van der Waals surface area contributed by atoms with Gasteiger partial charge in [0.2, 0.25) is 0 Å². The minimum absolute atomic E-state index is 0.358. The zero-order valence-electron chi connectivity index (χ0n) is 10.8. The van der Waals surface area contributed by atoms with Gasteiger partial charge in [0, 0.05) is 39.0 Å². The number of ether oxygens (including phenoxy) is 1. The quantitative estimate of drug-likeness (QED) is 0.737. The summed E-state index contributed by atoms with van der Waals surface area (Å²) in [5.74, 6) is 1.39. The largest absolute Gasteiger partial charge is 0.386 e. The Morgan fingerprint density at radius 1 is 1.58 bits per heavy atom. The van der Waals surface area contributed by atoms with Crippen LogP contribution >= 0.6 is 0 Å². The lowest BCUT2D eigenvalue weighted by atomic mass is 10.0. The molecule has 0 amide bonds. The number of rotatable bonds is 4. The molecule has 2 aromatic heterocycles. The highest BCUT2D eigenvalue weighted by Gasteiger charge is 2.32. The van der Waals surface area contributed by atoms with Crippen LogP contribution in [0.3, 0.4) is 0 Å². The van der Waals surface area contributed by atoms with Crippen molar-refractivity contribution in [3.05, 3.63) is 18.6 Å². The van der Waals surface area contributed by atoms with Crippen LogP contribution in [0.5, 0.6) is 0 Å². The molecule has 1 saturated heterocycles. The molecule has 0 bridgehead atoms. The number of aliphatic hydroxyl groups is 1. The zero-order valence-corrected chi connectivity index (χ0v) is 10.8. The molecule has 3 heterocycles. The van der Waals surface area contributed by atoms with Crippen LogP contribution in [0, 0.1) is 0 Å². The van der Waals surface area contributed by atoms with Gasteiger partial charge < -0.3 is 24.9 Å². The number of hydrogen-bond donors (Lipinski definition) is 3. The van der Waals surface area contributed by atoms with Crippen molar-refractivity contribution in [3.63, 3.8) is 0 Å². The van der Waals surface area contributed by atoms with Gasteiger partial charge in [0.25, 0.3) is 0 Å². The average molecular weight is 263 g/mol. The van der Waals surface area contributed by atoms with E-state index in [0.29, 0.717) is 32.0 Å². The molecular weight excluding hydrogens is 246 g/mol. The lowest BCUT2D eigenvalue weighted by molar-refractivity contribution is 0.0381. The maximum Gasteiger partial charge on any atom is 0.180 e. The second kappa shape index (κ2) is 4.67. The normalized spacial score (nSPS) is 22.8. The first-order valence-electron chi connectivity index (χ1n) is 6.26. The second-order valence-corrected chi connectivity index (χ2v) is 4.76. The molecule has 1 aliphatic rings. The van der Waals surface area contributed by atoms with E-state index in [1.54, 1.807) is 6.20 Å². The number of fused-ring (bicyclic) bond motifs is 1. The first-order valence-corrected chi connectivity index (χ1v) is 6.26. The van der Waals surface area contributed by atoms with Gasteiger partial charge >= 0.3 is 0 Å². The summed E-state index contributed by atoms with van der Waals surface area (Å²) in [6.45, 7) is 1.35. The van der Waals surface area contributed by atoms with Gasteiger partial charge in [-0.15, -0.1) is 0 Å². The van der Waals surface area contributed by atoms with Gasteiger partial charge in [0.15, 0.2) is 11.5 Å². The molecule has 102 valence electrons. The number of nitrogens with one attached hydrogen (secondary N) is 2. The number of aromatic nitrogens is 3. The van der Waals surface area contributed by atoms with Crippen molar-refractivity contribution in [2.75, 3.05) is 37.4 Å². The van der Waals surface area contributed by atoms with Crippen LogP contribution in [0.25, 0.3) is 5.65 Å². The minimum Gasteiger partial charge on any atom is -0.386 e. The van der Waals surface area contributed by atoms with E-state index in [1.165, 1.54) is 0 Å². The van der Waals surface area contributed by atoms with E-state index >= 15 is 0 Å². The number of nitrogens with zero attached hydrogens (tertiary/aromatic N) is 3. The zero-order chi connectivity index (χ0) is 13.3. The average Bonchev–Trinajstić information content (AvgIpc) is 3.04. The summed E-state index contributed by atoms with van der Waals surface area (Å²) in [4.78, 5) is 8.69. The Morgan fingerprint density at radius 2 is 2.47 bits per heavy atom. The summed E-state index contributed by atoms with van der Waals surface area (Å²) < 4.78 is 7.11. The maximum absolute atomic E-state index is 10.2. The van der Waals surface area contributed by atoms with E-state index in [1.807, 2.05) is 23.8 Å². The lowest BCUT2D eigenvalue weighted by Crippen LogP contribution is -2.37. The van der Waals surface area contributed by atoms with E-state index < -0.39 is 5.60 Å². The van der Waals surface area contributed by atoms with Crippen LogP contribution < -0.4 is 10.6 Å². The Bertz CT molecular complexity index is 577. The van der Waals surface area contributed by atoms with Gasteiger partial charge in [0.05, 0.1) is 12.8 Å². The Labute approximate surface area is 110 Å². The first kappa shape index (κ1) is 12.2. The molecule has 7 heteroatoms. The fourth-order valence-electron chi connectivity index (χ4n) is 2.15. The van der Waals surface area contributed by atoms with E-state index in [2.05, 4.69) is 20.6 Å². The van der Waals surface area contributed by atoms with Gasteiger partial charge in [0.1, 0.15) is 11.4 Å². The van der Waals surface area contributed by atoms with Crippen molar-refractivity contribution in [2.45, 2.75) is 12.0 Å². The van der Waals surface area contributed by atoms with Gasteiger partial charge in [-0.05, 0) is 0 Å². The van der Waals surface area contributed by atoms with E-state index in [9.17, 15) is 5.11 Å². The third-order valence-corrected chi connectivity index (χ3v) is 3.30. The van der Waals surface area contributed by atoms with Gasteiger partial charge in [-0.1, -0.05) is 0 Å². The lowest BCUT2D eigenvalue weighted by Gasteiger charge is -2.21. The molecule has 1 atom stereocenters. The third kappa shape index (κ3) is 2.34. The summed E-state index contributed by atoms with van der Waals surface area (Å²) in [5, 5.41) is 16.4. The molecule has 2 aromatic rings. The molecule has 3 N–H and O–H groups in total. The second-order valence-electron chi connectivity index (χ2n) is 4.76. The Hall–Kier alpha value is -1.86. The van der Waals surface area contributed by atoms with E-state index in [4.69, 9.17) is 4.74 Å². The fourth-order valence-corrected chi connectivity index (χ4v) is 2.15. The standard InChI is InChI=1S/C12H17N5O2/c1-13-9-6-17-4-3-14-11(17)10(16-9)15-7-12(18)2-5-19-8-12/h3-4,6,13,18H,2,5,7-8H2,1H3,(H,15,16). The summed E-state index contributed by atoms with van der Waals surface area (Å²) in [6, 6.07) is 0. The molecule has 0 aromatic carbocycles. The Balaban J connectivity index is 1.85. The summed E-state index contributed by atoms with van der Waals surface area (Å²) in [5.41, 5.74) is -0.0810. The number of imidazole rings is 1. The minimum atomic E-state index is -0.819. The third-order valence-electron chi connectivity index (χ3n) is 3.30. The molecule has 0 saturated carbocycles. The number of hydrogen-bond acceptors (Lipinski definition) is 6. The molecule has 1 aliphatic heterocycles. The van der Waals surface area contributed by atoms with Gasteiger partial charge in [-0.2, -0.15) is 0 Å². The molecule has 3 rings (SSSR count). The van der Waals surface area contributed by atoms with Crippen LogP contribution in [-0.2, 0) is 4.74 Å². The van der Waals surface area contributed by atoms with Crippen molar-refractivity contribution in [1.29, 1.82) is 0 Å².